The average Bonchev–Trinajstić information content (AvgIpc) is 2.96. The van der Waals surface area contributed by atoms with E-state index in [9.17, 15) is 18.4 Å². The Labute approximate surface area is 178 Å². The number of nitrogens with zero attached hydrogens (tertiary/aromatic N) is 2. The summed E-state index contributed by atoms with van der Waals surface area (Å²) in [5.74, 6) is -1.19. The molecule has 1 amide bonds. The van der Waals surface area contributed by atoms with Crippen molar-refractivity contribution in [2.45, 2.75) is 70.1 Å². The van der Waals surface area contributed by atoms with Gasteiger partial charge in [-0.05, 0) is 50.9 Å². The quantitative estimate of drug-likeness (QED) is 0.524. The second-order valence-corrected chi connectivity index (χ2v) is 10.2. The van der Waals surface area contributed by atoms with Crippen molar-refractivity contribution in [1.82, 2.24) is 15.1 Å². The SMILES string of the molecule is CCc1nn(CCCC(C)(CC(=O)O)S(=O)O)c2c1C(=O)NCC1(CCOCC1)C2. The van der Waals surface area contributed by atoms with Crippen LogP contribution in [0.5, 0.6) is 0 Å². The highest BCUT2D eigenvalue weighted by molar-refractivity contribution is 7.80. The van der Waals surface area contributed by atoms with Gasteiger partial charge in [-0.15, -0.1) is 0 Å². The summed E-state index contributed by atoms with van der Waals surface area (Å²) in [7, 11) is 0. The van der Waals surface area contributed by atoms with Crippen molar-refractivity contribution in [1.29, 1.82) is 0 Å². The third kappa shape index (κ3) is 4.76. The Hall–Kier alpha value is -1.78. The monoisotopic (exact) mass is 441 g/mol. The predicted molar refractivity (Wildman–Crippen MR) is 111 cm³/mol. The Morgan fingerprint density at radius 2 is 2.10 bits per heavy atom. The fourth-order valence-electron chi connectivity index (χ4n) is 4.52. The van der Waals surface area contributed by atoms with Gasteiger partial charge in [0, 0.05) is 26.3 Å². The molecule has 168 valence electrons. The van der Waals surface area contributed by atoms with Gasteiger partial charge < -0.3 is 19.7 Å². The number of amides is 1. The van der Waals surface area contributed by atoms with Gasteiger partial charge in [0.15, 0.2) is 11.1 Å². The minimum absolute atomic E-state index is 0.0492. The number of aromatic nitrogens is 2. The lowest BCUT2D eigenvalue weighted by Crippen LogP contribution is -2.40. The molecule has 0 aromatic carbocycles. The van der Waals surface area contributed by atoms with Crippen LogP contribution in [-0.4, -0.2) is 60.0 Å². The number of hydrogen-bond donors (Lipinski definition) is 3. The summed E-state index contributed by atoms with van der Waals surface area (Å²) in [6.45, 7) is 5.92. The van der Waals surface area contributed by atoms with Crippen LogP contribution >= 0.6 is 0 Å². The van der Waals surface area contributed by atoms with Crippen molar-refractivity contribution in [2.24, 2.45) is 5.41 Å². The number of ether oxygens (including phenoxy) is 1. The van der Waals surface area contributed by atoms with Gasteiger partial charge >= 0.3 is 5.97 Å². The van der Waals surface area contributed by atoms with E-state index in [0.717, 1.165) is 30.7 Å². The maximum Gasteiger partial charge on any atom is 0.304 e. The predicted octanol–water partition coefficient (Wildman–Crippen LogP) is 1.76. The van der Waals surface area contributed by atoms with E-state index in [0.29, 0.717) is 44.7 Å². The molecule has 2 atom stereocenters. The summed E-state index contributed by atoms with van der Waals surface area (Å²) in [5.41, 5.74) is 2.27. The first-order chi connectivity index (χ1) is 14.2. The van der Waals surface area contributed by atoms with Crippen molar-refractivity contribution in [3.63, 3.8) is 0 Å². The molecule has 0 bridgehead atoms. The van der Waals surface area contributed by atoms with Gasteiger partial charge in [0.05, 0.1) is 28.1 Å². The molecule has 2 aliphatic heterocycles. The highest BCUT2D eigenvalue weighted by Gasteiger charge is 2.40. The number of aryl methyl sites for hydroxylation is 2. The summed E-state index contributed by atoms with van der Waals surface area (Å²) in [4.78, 5) is 23.9. The average molecular weight is 442 g/mol. The number of fused-ring (bicyclic) bond motifs is 1. The third-order valence-electron chi connectivity index (χ3n) is 6.43. The highest BCUT2D eigenvalue weighted by atomic mass is 32.2. The third-order valence-corrected chi connectivity index (χ3v) is 7.63. The molecule has 1 spiro atoms. The van der Waals surface area contributed by atoms with Gasteiger partial charge in [0.25, 0.3) is 5.91 Å². The number of carboxylic acid groups (broad SMARTS) is 1. The highest BCUT2D eigenvalue weighted by Crippen LogP contribution is 2.37. The molecule has 2 unspecified atom stereocenters. The summed E-state index contributed by atoms with van der Waals surface area (Å²) in [6, 6.07) is 0. The second kappa shape index (κ2) is 9.15. The second-order valence-electron chi connectivity index (χ2n) is 8.69. The van der Waals surface area contributed by atoms with Crippen LogP contribution in [0.25, 0.3) is 0 Å². The van der Waals surface area contributed by atoms with E-state index >= 15 is 0 Å². The van der Waals surface area contributed by atoms with Gasteiger partial charge in [-0.25, -0.2) is 4.21 Å². The van der Waals surface area contributed by atoms with Crippen LogP contribution in [0.3, 0.4) is 0 Å². The van der Waals surface area contributed by atoms with Gasteiger partial charge in [0.1, 0.15) is 0 Å². The standard InChI is InChI=1S/C20H31N3O6S/c1-3-14-17-15(11-20(13-21-18(17)26)6-9-29-10-7-20)23(22-14)8-4-5-19(2,30(27)28)12-16(24)25/h3-13H2,1-2H3,(H,21,26)(H,24,25)(H,27,28). The zero-order chi connectivity index (χ0) is 21.9. The number of nitrogens with one attached hydrogen (secondary N) is 1. The summed E-state index contributed by atoms with van der Waals surface area (Å²) >= 11 is -2.25. The van der Waals surface area contributed by atoms with Crippen LogP contribution in [0.1, 0.15) is 67.7 Å². The largest absolute Gasteiger partial charge is 0.481 e. The van der Waals surface area contributed by atoms with E-state index < -0.39 is 21.8 Å². The molecule has 3 heterocycles. The van der Waals surface area contributed by atoms with Crippen LogP contribution < -0.4 is 5.32 Å². The van der Waals surface area contributed by atoms with Gasteiger partial charge in [0.2, 0.25) is 0 Å². The van der Waals surface area contributed by atoms with E-state index in [4.69, 9.17) is 9.84 Å². The Kier molecular flexibility index (Phi) is 6.98. The number of aliphatic carboxylic acids is 1. The van der Waals surface area contributed by atoms with Gasteiger partial charge in [-0.2, -0.15) is 5.10 Å². The molecule has 1 saturated heterocycles. The molecule has 0 aliphatic carbocycles. The van der Waals surface area contributed by atoms with E-state index in [-0.39, 0.29) is 24.2 Å². The van der Waals surface area contributed by atoms with Gasteiger partial charge in [-0.3, -0.25) is 14.3 Å². The van der Waals surface area contributed by atoms with Crippen LogP contribution in [0, 0.1) is 5.41 Å². The molecule has 1 fully saturated rings. The van der Waals surface area contributed by atoms with Crippen molar-refractivity contribution in [3.8, 4) is 0 Å². The fraction of sp³-hybridized carbons (Fsp3) is 0.750. The van der Waals surface area contributed by atoms with Crippen LogP contribution in [0.2, 0.25) is 0 Å². The lowest BCUT2D eigenvalue weighted by atomic mass is 9.76. The molecule has 10 heteroatoms. The van der Waals surface area contributed by atoms with E-state index in [1.165, 1.54) is 6.92 Å². The first-order valence-electron chi connectivity index (χ1n) is 10.5. The van der Waals surface area contributed by atoms with Crippen LogP contribution in [0.4, 0.5) is 0 Å². The van der Waals surface area contributed by atoms with E-state index in [1.54, 1.807) is 0 Å². The van der Waals surface area contributed by atoms with E-state index in [2.05, 4.69) is 10.4 Å². The Morgan fingerprint density at radius 3 is 2.70 bits per heavy atom. The molecular formula is C20H31N3O6S. The smallest absolute Gasteiger partial charge is 0.304 e. The summed E-state index contributed by atoms with van der Waals surface area (Å²) < 4.78 is 27.5. The van der Waals surface area contributed by atoms with E-state index in [1.807, 2.05) is 11.6 Å². The van der Waals surface area contributed by atoms with Gasteiger partial charge in [-0.1, -0.05) is 6.92 Å². The number of carboxylic acids is 1. The Bertz CT molecular complexity index is 833. The number of rotatable bonds is 8. The maximum absolute atomic E-state index is 12.8. The molecule has 0 saturated carbocycles. The molecule has 3 N–H and O–H groups in total. The molecular weight excluding hydrogens is 410 g/mol. The lowest BCUT2D eigenvalue weighted by Gasteiger charge is -2.36. The minimum Gasteiger partial charge on any atom is -0.481 e. The number of carbonyl (C=O) groups is 2. The summed E-state index contributed by atoms with van der Waals surface area (Å²) in [6.07, 6.45) is 3.50. The van der Waals surface area contributed by atoms with Crippen LogP contribution in [0.15, 0.2) is 0 Å². The van der Waals surface area contributed by atoms with Crippen molar-refractivity contribution in [3.05, 3.63) is 17.0 Å². The van der Waals surface area contributed by atoms with Crippen molar-refractivity contribution < 1.29 is 28.2 Å². The zero-order valence-corrected chi connectivity index (χ0v) is 18.4. The van der Waals surface area contributed by atoms with Crippen molar-refractivity contribution in [2.75, 3.05) is 19.8 Å². The van der Waals surface area contributed by atoms with Crippen molar-refractivity contribution >= 4 is 23.0 Å². The van der Waals surface area contributed by atoms with Crippen LogP contribution in [-0.2, 0) is 40.0 Å². The lowest BCUT2D eigenvalue weighted by molar-refractivity contribution is -0.137. The summed E-state index contributed by atoms with van der Waals surface area (Å²) in [5, 5.41) is 16.8. The minimum atomic E-state index is -2.25. The number of carbonyl (C=O) groups excluding carboxylic acids is 1. The normalized spacial score (nSPS) is 21.4. The molecule has 2 aliphatic rings. The Morgan fingerprint density at radius 1 is 1.40 bits per heavy atom. The number of hydrogen-bond acceptors (Lipinski definition) is 5. The molecule has 1 aromatic heterocycles. The molecule has 30 heavy (non-hydrogen) atoms. The first kappa shape index (κ1) is 22.9. The molecule has 1 aromatic rings. The topological polar surface area (TPSA) is 131 Å². The fourth-order valence-corrected chi connectivity index (χ4v) is 5.08. The zero-order valence-electron chi connectivity index (χ0n) is 17.6. The maximum atomic E-state index is 12.8. The first-order valence-corrected chi connectivity index (χ1v) is 11.6. The Balaban J connectivity index is 1.83. The molecule has 9 nitrogen and oxygen atoms in total. The molecule has 3 rings (SSSR count). The molecule has 0 radical (unpaired) electrons.